The van der Waals surface area contributed by atoms with E-state index in [0.29, 0.717) is 42.0 Å². The normalized spacial score (nSPS) is 13.0. The van der Waals surface area contributed by atoms with Gasteiger partial charge in [0.15, 0.2) is 6.61 Å². The summed E-state index contributed by atoms with van der Waals surface area (Å²) < 4.78 is 6.44. The molecular weight excluding hydrogens is 380 g/mol. The number of nitro groups is 1. The lowest BCUT2D eigenvalue weighted by Gasteiger charge is -2.29. The summed E-state index contributed by atoms with van der Waals surface area (Å²) in [7, 11) is 1.66. The van der Waals surface area contributed by atoms with E-state index in [2.05, 4.69) is 5.10 Å². The summed E-state index contributed by atoms with van der Waals surface area (Å²) in [6, 6.07) is 4.28. The number of ether oxygens (including phenoxy) is 1. The van der Waals surface area contributed by atoms with Gasteiger partial charge in [-0.05, 0) is 38.3 Å². The Morgan fingerprint density at radius 3 is 2.62 bits per heavy atom. The van der Waals surface area contributed by atoms with Crippen molar-refractivity contribution < 1.29 is 24.0 Å². The largest absolute Gasteiger partial charge is 0.450 e. The number of nitrogens with zero attached hydrogens (tertiary/aromatic N) is 4. The van der Waals surface area contributed by atoms with Crippen molar-refractivity contribution in [3.63, 3.8) is 0 Å². The lowest BCUT2D eigenvalue weighted by atomic mass is 10.0. The van der Waals surface area contributed by atoms with Crippen LogP contribution in [0.25, 0.3) is 0 Å². The predicted molar refractivity (Wildman–Crippen MR) is 102 cm³/mol. The van der Waals surface area contributed by atoms with Gasteiger partial charge in [-0.3, -0.25) is 24.4 Å². The van der Waals surface area contributed by atoms with Crippen LogP contribution >= 0.6 is 0 Å². The van der Waals surface area contributed by atoms with E-state index in [0.717, 1.165) is 0 Å². The Hall–Kier alpha value is -3.56. The minimum absolute atomic E-state index is 0.0442. The van der Waals surface area contributed by atoms with Gasteiger partial charge in [-0.25, -0.2) is 4.79 Å². The zero-order valence-electron chi connectivity index (χ0n) is 16.3. The highest BCUT2D eigenvalue weighted by Gasteiger charge is 2.28. The Labute approximate surface area is 166 Å². The van der Waals surface area contributed by atoms with Gasteiger partial charge in [0.1, 0.15) is 0 Å². The second-order valence-electron chi connectivity index (χ2n) is 6.79. The van der Waals surface area contributed by atoms with Crippen molar-refractivity contribution in [2.45, 2.75) is 26.7 Å². The lowest BCUT2D eigenvalue weighted by Crippen LogP contribution is -2.39. The van der Waals surface area contributed by atoms with Crippen LogP contribution < -0.4 is 4.90 Å². The van der Waals surface area contributed by atoms with E-state index >= 15 is 0 Å². The van der Waals surface area contributed by atoms with E-state index in [9.17, 15) is 24.5 Å². The molecule has 0 bridgehead atoms. The maximum Gasteiger partial charge on any atom is 0.380 e. The molecule has 0 saturated heterocycles. The molecule has 2 aromatic rings. The Morgan fingerprint density at radius 1 is 1.28 bits per heavy atom. The minimum Gasteiger partial charge on any atom is -0.450 e. The van der Waals surface area contributed by atoms with E-state index in [1.807, 2.05) is 0 Å². The van der Waals surface area contributed by atoms with Gasteiger partial charge < -0.3 is 9.64 Å². The van der Waals surface area contributed by atoms with Gasteiger partial charge in [-0.15, -0.1) is 0 Å². The van der Waals surface area contributed by atoms with Crippen LogP contribution in [-0.2, 0) is 27.8 Å². The van der Waals surface area contributed by atoms with Crippen LogP contribution in [0.3, 0.4) is 0 Å². The Morgan fingerprint density at radius 2 is 2.00 bits per heavy atom. The summed E-state index contributed by atoms with van der Waals surface area (Å²) in [5.74, 6) is -2.48. The fraction of sp³-hybridized carbons (Fsp3) is 0.368. The first-order chi connectivity index (χ1) is 13.7. The molecule has 10 nitrogen and oxygen atoms in total. The molecular formula is C19H20N4O6. The van der Waals surface area contributed by atoms with E-state index in [1.54, 1.807) is 20.9 Å². The minimum atomic E-state index is -1.13. The average Bonchev–Trinajstić information content (AvgIpc) is 2.95. The first kappa shape index (κ1) is 20.2. The van der Waals surface area contributed by atoms with Gasteiger partial charge in [0, 0.05) is 37.1 Å². The van der Waals surface area contributed by atoms with E-state index < -0.39 is 29.2 Å². The highest BCUT2D eigenvalue weighted by molar-refractivity contribution is 6.41. The van der Waals surface area contributed by atoms with Crippen molar-refractivity contribution in [3.05, 3.63) is 50.8 Å². The number of non-ortho nitro benzene ring substituents is 1. The van der Waals surface area contributed by atoms with Crippen molar-refractivity contribution in [3.8, 4) is 0 Å². The first-order valence-electron chi connectivity index (χ1n) is 9.00. The summed E-state index contributed by atoms with van der Waals surface area (Å²) in [4.78, 5) is 49.0. The number of nitro benzene ring substituents is 1. The van der Waals surface area contributed by atoms with Crippen LogP contribution in [0.2, 0.25) is 0 Å². The van der Waals surface area contributed by atoms with Crippen molar-refractivity contribution in [2.75, 3.05) is 18.1 Å². The number of fused-ring (bicyclic) bond motifs is 1. The Bertz CT molecular complexity index is 1030. The van der Waals surface area contributed by atoms with Crippen LogP contribution in [0.4, 0.5) is 11.4 Å². The number of amides is 1. The maximum atomic E-state index is 12.6. The zero-order chi connectivity index (χ0) is 21.3. The standard InChI is InChI=1S/C19H20N4O6/c1-11-17(12(2)21(3)20-11)18(25)19(26)29-10-16(24)22-8-4-5-13-9-14(23(27)28)6-7-15(13)22/h6-7,9H,4-5,8,10H2,1-3H3. The summed E-state index contributed by atoms with van der Waals surface area (Å²) in [6.07, 6.45) is 1.24. The number of ketones is 1. The number of rotatable bonds is 5. The molecule has 0 unspecified atom stereocenters. The van der Waals surface area contributed by atoms with Gasteiger partial charge in [0.25, 0.3) is 17.4 Å². The zero-order valence-corrected chi connectivity index (χ0v) is 16.3. The molecule has 1 aliphatic rings. The number of carbonyl (C=O) groups is 3. The molecule has 0 radical (unpaired) electrons. The number of benzene rings is 1. The monoisotopic (exact) mass is 400 g/mol. The fourth-order valence-corrected chi connectivity index (χ4v) is 3.43. The third-order valence-electron chi connectivity index (χ3n) is 4.94. The molecule has 1 amide bonds. The third-order valence-corrected chi connectivity index (χ3v) is 4.94. The number of anilines is 1. The highest BCUT2D eigenvalue weighted by Crippen LogP contribution is 2.30. The lowest BCUT2D eigenvalue weighted by molar-refractivity contribution is -0.384. The molecule has 3 rings (SSSR count). The molecule has 1 aromatic heterocycles. The Kier molecular flexibility index (Phi) is 5.44. The summed E-state index contributed by atoms with van der Waals surface area (Å²) in [6.45, 7) is 3.08. The van der Waals surface area contributed by atoms with E-state index in [-0.39, 0.29) is 11.3 Å². The molecule has 0 atom stereocenters. The summed E-state index contributed by atoms with van der Waals surface area (Å²) in [5, 5.41) is 15.0. The number of Topliss-reactive ketones (excluding diaryl/α,β-unsaturated/α-hetero) is 1. The van der Waals surface area contributed by atoms with Crippen molar-refractivity contribution in [1.29, 1.82) is 0 Å². The molecule has 29 heavy (non-hydrogen) atoms. The second kappa shape index (κ2) is 7.82. The second-order valence-corrected chi connectivity index (χ2v) is 6.79. The molecule has 0 spiro atoms. The number of aryl methyl sites for hydroxylation is 3. The quantitative estimate of drug-likeness (QED) is 0.246. The molecule has 152 valence electrons. The van der Waals surface area contributed by atoms with Crippen LogP contribution in [-0.4, -0.2) is 45.5 Å². The Balaban J connectivity index is 1.69. The molecule has 10 heteroatoms. The number of carbonyl (C=O) groups excluding carboxylic acids is 3. The van der Waals surface area contributed by atoms with Crippen LogP contribution in [0, 0.1) is 24.0 Å². The summed E-state index contributed by atoms with van der Waals surface area (Å²) >= 11 is 0. The fourth-order valence-electron chi connectivity index (χ4n) is 3.43. The number of hydrogen-bond acceptors (Lipinski definition) is 7. The van der Waals surface area contributed by atoms with Crippen LogP contribution in [0.5, 0.6) is 0 Å². The van der Waals surface area contributed by atoms with Gasteiger partial charge in [-0.2, -0.15) is 5.10 Å². The molecule has 2 heterocycles. The SMILES string of the molecule is Cc1nn(C)c(C)c1C(=O)C(=O)OCC(=O)N1CCCc2cc([N+](=O)[O-])ccc21. The maximum absolute atomic E-state index is 12.6. The number of esters is 1. The molecule has 0 aliphatic carbocycles. The number of hydrogen-bond donors (Lipinski definition) is 0. The topological polar surface area (TPSA) is 125 Å². The van der Waals surface area contributed by atoms with Gasteiger partial charge >= 0.3 is 5.97 Å². The molecule has 1 aromatic carbocycles. The van der Waals surface area contributed by atoms with Gasteiger partial charge in [0.05, 0.1) is 16.2 Å². The van der Waals surface area contributed by atoms with Gasteiger partial charge in [0.2, 0.25) is 0 Å². The van der Waals surface area contributed by atoms with Crippen LogP contribution in [0.1, 0.15) is 33.7 Å². The molecule has 1 aliphatic heterocycles. The molecule has 0 fully saturated rings. The van der Waals surface area contributed by atoms with Crippen molar-refractivity contribution >= 4 is 29.0 Å². The third kappa shape index (κ3) is 3.86. The van der Waals surface area contributed by atoms with E-state index in [4.69, 9.17) is 4.74 Å². The molecule has 0 N–H and O–H groups in total. The molecule has 0 saturated carbocycles. The summed E-state index contributed by atoms with van der Waals surface area (Å²) in [5.41, 5.74) is 2.29. The van der Waals surface area contributed by atoms with Crippen molar-refractivity contribution in [1.82, 2.24) is 9.78 Å². The van der Waals surface area contributed by atoms with E-state index in [1.165, 1.54) is 27.8 Å². The smallest absolute Gasteiger partial charge is 0.380 e. The highest BCUT2D eigenvalue weighted by atomic mass is 16.6. The first-order valence-corrected chi connectivity index (χ1v) is 9.00. The van der Waals surface area contributed by atoms with Crippen LogP contribution in [0.15, 0.2) is 18.2 Å². The van der Waals surface area contributed by atoms with Crippen molar-refractivity contribution in [2.24, 2.45) is 7.05 Å². The average molecular weight is 400 g/mol. The number of aromatic nitrogens is 2. The predicted octanol–water partition coefficient (Wildman–Crippen LogP) is 1.65. The van der Waals surface area contributed by atoms with Gasteiger partial charge in [-0.1, -0.05) is 0 Å².